The highest BCUT2D eigenvalue weighted by molar-refractivity contribution is 6.02. The van der Waals surface area contributed by atoms with E-state index >= 15 is 0 Å². The van der Waals surface area contributed by atoms with E-state index in [2.05, 4.69) is 31.0 Å². The highest BCUT2D eigenvalue weighted by Crippen LogP contribution is 2.56. The summed E-state index contributed by atoms with van der Waals surface area (Å²) >= 11 is 0. The molecule has 0 radical (unpaired) electrons. The summed E-state index contributed by atoms with van der Waals surface area (Å²) < 4.78 is 2.23. The van der Waals surface area contributed by atoms with Gasteiger partial charge in [0, 0.05) is 40.3 Å². The minimum Gasteiger partial charge on any atom is -0.383 e. The van der Waals surface area contributed by atoms with E-state index in [4.69, 9.17) is 5.73 Å². The van der Waals surface area contributed by atoms with E-state index in [0.29, 0.717) is 11.4 Å². The van der Waals surface area contributed by atoms with Crippen LogP contribution in [0.15, 0.2) is 55.1 Å². The summed E-state index contributed by atoms with van der Waals surface area (Å²) in [4.78, 5) is 38.8. The van der Waals surface area contributed by atoms with Crippen molar-refractivity contribution in [1.29, 1.82) is 0 Å². The Morgan fingerprint density at radius 1 is 1.07 bits per heavy atom. The van der Waals surface area contributed by atoms with Gasteiger partial charge in [0.2, 0.25) is 0 Å². The molecule has 0 spiro atoms. The summed E-state index contributed by atoms with van der Waals surface area (Å²) in [6.07, 6.45) is 9.74. The molecule has 40 heavy (non-hydrogen) atoms. The number of carbonyl (C=O) groups is 2. The van der Waals surface area contributed by atoms with Gasteiger partial charge in [-0.05, 0) is 76.1 Å². The Bertz CT molecular complexity index is 1630. The Morgan fingerprint density at radius 2 is 1.80 bits per heavy atom. The number of rotatable bonds is 7. The van der Waals surface area contributed by atoms with Crippen LogP contribution >= 0.6 is 0 Å². The third-order valence-electron chi connectivity index (χ3n) is 8.69. The number of aliphatic hydroxyl groups is 1. The van der Waals surface area contributed by atoms with E-state index in [1.165, 1.54) is 20.2 Å². The molecule has 2 fully saturated rings. The van der Waals surface area contributed by atoms with Crippen molar-refractivity contribution in [2.24, 2.45) is 0 Å². The smallest absolute Gasteiger partial charge is 0.251 e. The first-order valence-corrected chi connectivity index (χ1v) is 13.7. The van der Waals surface area contributed by atoms with Gasteiger partial charge in [-0.15, -0.1) is 0 Å². The molecular formula is C31H34N6O3. The van der Waals surface area contributed by atoms with Crippen molar-refractivity contribution in [2.75, 3.05) is 5.73 Å². The summed E-state index contributed by atoms with van der Waals surface area (Å²) in [5.74, 6) is 0.0659. The summed E-state index contributed by atoms with van der Waals surface area (Å²) in [5.41, 5.74) is 9.45. The number of fused-ring (bicyclic) bond motifs is 3. The molecule has 206 valence electrons. The average Bonchev–Trinajstić information content (AvgIpc) is 3.59. The summed E-state index contributed by atoms with van der Waals surface area (Å²) in [5, 5.41) is 14.2. The number of nitrogens with two attached hydrogens (primary N) is 1. The van der Waals surface area contributed by atoms with Gasteiger partial charge < -0.3 is 20.7 Å². The lowest BCUT2D eigenvalue weighted by atomic mass is 9.90. The number of nitrogens with one attached hydrogen (secondary N) is 1. The molecule has 0 unspecified atom stereocenters. The normalized spacial score (nSPS) is 22.1. The van der Waals surface area contributed by atoms with Gasteiger partial charge in [-0.1, -0.05) is 24.3 Å². The van der Waals surface area contributed by atoms with Crippen LogP contribution in [0.2, 0.25) is 0 Å². The number of hydrogen-bond donors (Lipinski definition) is 3. The van der Waals surface area contributed by atoms with Gasteiger partial charge in [0.25, 0.3) is 5.91 Å². The standard InChI is InChI=1S/C31H34N6O3/c1-19-8-13-33-22(14-19)15-24(38)21-6-4-20(5-7-21)23-16-37(27-25(23)26(32)34-18-35-27)31-11-9-30(17-31,10-12-31)36-28(39)29(2,3)40/h4-8,13-14,16,18,40H,9-12,15,17H2,1-3H3,(H,36,39)(H2,32,34,35). The summed E-state index contributed by atoms with van der Waals surface area (Å²) in [7, 11) is 0. The molecule has 3 aromatic heterocycles. The Morgan fingerprint density at radius 3 is 2.48 bits per heavy atom. The molecule has 1 amide bonds. The first-order chi connectivity index (χ1) is 19.0. The minimum atomic E-state index is -1.43. The molecule has 3 heterocycles. The zero-order chi connectivity index (χ0) is 28.3. The van der Waals surface area contributed by atoms with Crippen molar-refractivity contribution >= 4 is 28.5 Å². The number of ketones is 1. The second-order valence-corrected chi connectivity index (χ2v) is 12.1. The number of carbonyl (C=O) groups excluding carboxylic acids is 2. The maximum Gasteiger partial charge on any atom is 0.251 e. The van der Waals surface area contributed by atoms with E-state index in [0.717, 1.165) is 65.5 Å². The number of hydrogen-bond acceptors (Lipinski definition) is 7. The highest BCUT2D eigenvalue weighted by atomic mass is 16.3. The van der Waals surface area contributed by atoms with Gasteiger partial charge in [-0.25, -0.2) is 9.97 Å². The molecule has 2 aliphatic carbocycles. The molecule has 6 rings (SSSR count). The molecule has 2 saturated carbocycles. The SMILES string of the molecule is Cc1ccnc(CC(=O)c2ccc(-c3cn(C45CCC(NC(=O)C(C)(C)O)(CC4)C5)c4ncnc(N)c34)cc2)c1. The molecule has 2 aliphatic rings. The fourth-order valence-electron chi connectivity index (χ4n) is 6.53. The van der Waals surface area contributed by atoms with Crippen LogP contribution in [0, 0.1) is 6.92 Å². The monoisotopic (exact) mass is 538 g/mol. The summed E-state index contributed by atoms with van der Waals surface area (Å²) in [6.45, 7) is 5.01. The topological polar surface area (TPSA) is 136 Å². The Hall–Kier alpha value is -4.11. The van der Waals surface area contributed by atoms with Crippen LogP contribution in [-0.4, -0.2) is 47.5 Å². The Kier molecular flexibility index (Phi) is 6.03. The third kappa shape index (κ3) is 4.44. The first kappa shape index (κ1) is 26.1. The number of nitrogens with zero attached hydrogens (tertiary/aromatic N) is 4. The number of benzene rings is 1. The van der Waals surface area contributed by atoms with Crippen molar-refractivity contribution in [3.05, 3.63) is 71.9 Å². The fraction of sp³-hybridized carbons (Fsp3) is 0.387. The van der Waals surface area contributed by atoms with E-state index in [1.54, 1.807) is 6.20 Å². The molecule has 2 bridgehead atoms. The zero-order valence-corrected chi connectivity index (χ0v) is 23.1. The second kappa shape index (κ2) is 9.23. The molecule has 9 nitrogen and oxygen atoms in total. The summed E-state index contributed by atoms with van der Waals surface area (Å²) in [6, 6.07) is 11.4. The van der Waals surface area contributed by atoms with Crippen molar-refractivity contribution in [3.8, 4) is 11.1 Å². The molecule has 0 saturated heterocycles. The van der Waals surface area contributed by atoms with Gasteiger partial charge in [0.15, 0.2) is 5.78 Å². The van der Waals surface area contributed by atoms with Crippen LogP contribution in [0.4, 0.5) is 5.82 Å². The molecule has 0 aliphatic heterocycles. The average molecular weight is 539 g/mol. The van der Waals surface area contributed by atoms with Gasteiger partial charge in [0.05, 0.1) is 11.8 Å². The van der Waals surface area contributed by atoms with Crippen molar-refractivity contribution in [1.82, 2.24) is 24.8 Å². The van der Waals surface area contributed by atoms with E-state index in [1.807, 2.05) is 43.3 Å². The Labute approximate surface area is 232 Å². The fourth-order valence-corrected chi connectivity index (χ4v) is 6.53. The number of aryl methyl sites for hydroxylation is 1. The molecule has 1 aromatic carbocycles. The largest absolute Gasteiger partial charge is 0.383 e. The van der Waals surface area contributed by atoms with E-state index in [-0.39, 0.29) is 29.2 Å². The number of Topliss-reactive ketones (excluding diaryl/α,β-unsaturated/α-hetero) is 1. The highest BCUT2D eigenvalue weighted by Gasteiger charge is 2.57. The maximum atomic E-state index is 12.9. The van der Waals surface area contributed by atoms with Gasteiger partial charge >= 0.3 is 0 Å². The predicted octanol–water partition coefficient (Wildman–Crippen LogP) is 4.11. The van der Waals surface area contributed by atoms with Crippen molar-refractivity contribution in [2.45, 2.75) is 76.0 Å². The number of pyridine rings is 1. The van der Waals surface area contributed by atoms with Gasteiger partial charge in [-0.2, -0.15) is 0 Å². The molecule has 4 aromatic rings. The lowest BCUT2D eigenvalue weighted by Crippen LogP contribution is -2.52. The van der Waals surface area contributed by atoms with Crippen LogP contribution in [0.5, 0.6) is 0 Å². The number of anilines is 1. The number of amides is 1. The van der Waals surface area contributed by atoms with Crippen LogP contribution in [0.25, 0.3) is 22.2 Å². The number of nitrogen functional groups attached to an aromatic ring is 1. The van der Waals surface area contributed by atoms with Gasteiger partial charge in [0.1, 0.15) is 23.4 Å². The van der Waals surface area contributed by atoms with Crippen molar-refractivity contribution in [3.63, 3.8) is 0 Å². The molecule has 0 atom stereocenters. The van der Waals surface area contributed by atoms with Crippen molar-refractivity contribution < 1.29 is 14.7 Å². The van der Waals surface area contributed by atoms with Crippen LogP contribution in [-0.2, 0) is 16.8 Å². The van der Waals surface area contributed by atoms with E-state index in [9.17, 15) is 14.7 Å². The Balaban J connectivity index is 1.32. The third-order valence-corrected chi connectivity index (χ3v) is 8.69. The first-order valence-electron chi connectivity index (χ1n) is 13.7. The lowest BCUT2D eigenvalue weighted by molar-refractivity contribution is -0.138. The molecule has 4 N–H and O–H groups in total. The maximum absolute atomic E-state index is 12.9. The molecular weight excluding hydrogens is 504 g/mol. The second-order valence-electron chi connectivity index (χ2n) is 12.1. The zero-order valence-electron chi connectivity index (χ0n) is 23.1. The van der Waals surface area contributed by atoms with E-state index < -0.39 is 5.60 Å². The quantitative estimate of drug-likeness (QED) is 0.301. The van der Waals surface area contributed by atoms with Crippen LogP contribution in [0.1, 0.15) is 67.6 Å². The number of aromatic nitrogens is 4. The predicted molar refractivity (Wildman–Crippen MR) is 153 cm³/mol. The van der Waals surface area contributed by atoms with Gasteiger partial charge in [-0.3, -0.25) is 14.6 Å². The lowest BCUT2D eigenvalue weighted by Gasteiger charge is -2.31. The molecule has 9 heteroatoms. The van der Waals surface area contributed by atoms with Crippen LogP contribution < -0.4 is 11.1 Å². The minimum absolute atomic E-state index is 0.00942. The van der Waals surface area contributed by atoms with Crippen LogP contribution in [0.3, 0.4) is 0 Å².